The van der Waals surface area contributed by atoms with Crippen molar-refractivity contribution < 1.29 is 9.53 Å². The lowest BCUT2D eigenvalue weighted by Crippen LogP contribution is -2.68. The first-order chi connectivity index (χ1) is 8.16. The molecule has 3 N–H and O–H groups in total. The molecule has 1 aromatic heterocycles. The molecule has 4 nitrogen and oxygen atoms in total. The number of nitrogens with two attached hydrogens (primary N) is 1. The van der Waals surface area contributed by atoms with Crippen molar-refractivity contribution in [2.75, 3.05) is 6.61 Å². The maximum Gasteiger partial charge on any atom is 0.252 e. The van der Waals surface area contributed by atoms with Crippen LogP contribution in [0.25, 0.3) is 0 Å². The average Bonchev–Trinajstić information content (AvgIpc) is 2.92. The highest BCUT2D eigenvalue weighted by Gasteiger charge is 2.52. The molecule has 6 heteroatoms. The molecule has 2 heterocycles. The van der Waals surface area contributed by atoms with Gasteiger partial charge < -0.3 is 15.8 Å². The van der Waals surface area contributed by atoms with Gasteiger partial charge in [-0.2, -0.15) is 0 Å². The summed E-state index contributed by atoms with van der Waals surface area (Å²) in [5.74, 6) is 0.357. The zero-order valence-electron chi connectivity index (χ0n) is 9.06. The lowest BCUT2D eigenvalue weighted by atomic mass is 9.72. The summed E-state index contributed by atoms with van der Waals surface area (Å²) >= 11 is 4.84. The molecule has 1 saturated heterocycles. The van der Waals surface area contributed by atoms with Crippen LogP contribution < -0.4 is 11.1 Å². The number of hydrogen-bond acceptors (Lipinski definition) is 4. The summed E-state index contributed by atoms with van der Waals surface area (Å²) in [6, 6.07) is 1.82. The molecular weight excluding hydrogens is 304 g/mol. The smallest absolute Gasteiger partial charge is 0.252 e. The molecule has 4 unspecified atom stereocenters. The minimum Gasteiger partial charge on any atom is -0.376 e. The number of nitrogens with one attached hydrogen (secondary N) is 1. The minimum absolute atomic E-state index is 0.0336. The number of carbonyl (C=O) groups excluding carboxylic acids is 1. The molecule has 1 aliphatic heterocycles. The Morgan fingerprint density at radius 2 is 2.47 bits per heavy atom. The quantitative estimate of drug-likeness (QED) is 0.865. The molecule has 1 aliphatic carbocycles. The van der Waals surface area contributed by atoms with Crippen LogP contribution in [0.4, 0.5) is 0 Å². The minimum atomic E-state index is -0.0682. The van der Waals surface area contributed by atoms with E-state index in [1.165, 1.54) is 11.3 Å². The lowest BCUT2D eigenvalue weighted by molar-refractivity contribution is -0.0161. The number of fused-ring (bicyclic) bond motifs is 1. The molecule has 2 aliphatic rings. The maximum absolute atomic E-state index is 12.0. The van der Waals surface area contributed by atoms with Crippen LogP contribution >= 0.6 is 27.3 Å². The van der Waals surface area contributed by atoms with Crippen molar-refractivity contribution in [3.05, 3.63) is 20.8 Å². The highest BCUT2D eigenvalue weighted by atomic mass is 79.9. The summed E-state index contributed by atoms with van der Waals surface area (Å²) < 4.78 is 6.53. The highest BCUT2D eigenvalue weighted by molar-refractivity contribution is 9.11. The fourth-order valence-electron chi connectivity index (χ4n) is 2.59. The van der Waals surface area contributed by atoms with Gasteiger partial charge >= 0.3 is 0 Å². The Morgan fingerprint density at radius 3 is 3.18 bits per heavy atom. The molecule has 0 spiro atoms. The topological polar surface area (TPSA) is 64.3 Å². The van der Waals surface area contributed by atoms with Crippen molar-refractivity contribution in [3.63, 3.8) is 0 Å². The maximum atomic E-state index is 12.0. The van der Waals surface area contributed by atoms with E-state index in [-0.39, 0.29) is 24.1 Å². The second-order valence-corrected chi connectivity index (χ2v) is 6.79. The Morgan fingerprint density at radius 1 is 1.65 bits per heavy atom. The van der Waals surface area contributed by atoms with Crippen LogP contribution in [0.2, 0.25) is 0 Å². The molecule has 17 heavy (non-hydrogen) atoms. The van der Waals surface area contributed by atoms with E-state index in [9.17, 15) is 4.79 Å². The van der Waals surface area contributed by atoms with Gasteiger partial charge in [0.25, 0.3) is 5.91 Å². The van der Waals surface area contributed by atoms with E-state index in [2.05, 4.69) is 21.2 Å². The number of rotatable bonds is 2. The normalized spacial score (nSPS) is 35.2. The fraction of sp³-hybridized carbons (Fsp3) is 0.545. The number of carbonyl (C=O) groups is 1. The molecule has 3 rings (SSSR count). The van der Waals surface area contributed by atoms with Crippen molar-refractivity contribution in [3.8, 4) is 0 Å². The molecule has 0 bridgehead atoms. The summed E-state index contributed by atoms with van der Waals surface area (Å²) in [7, 11) is 0. The molecule has 1 amide bonds. The summed E-state index contributed by atoms with van der Waals surface area (Å²) in [6.07, 6.45) is 1.14. The second kappa shape index (κ2) is 4.35. The van der Waals surface area contributed by atoms with Gasteiger partial charge in [-0.1, -0.05) is 0 Å². The van der Waals surface area contributed by atoms with Crippen molar-refractivity contribution in [1.82, 2.24) is 5.32 Å². The monoisotopic (exact) mass is 316 g/mol. The summed E-state index contributed by atoms with van der Waals surface area (Å²) in [5.41, 5.74) is 6.71. The predicted molar refractivity (Wildman–Crippen MR) is 69.1 cm³/mol. The van der Waals surface area contributed by atoms with Gasteiger partial charge in [-0.3, -0.25) is 4.79 Å². The largest absolute Gasteiger partial charge is 0.376 e. The van der Waals surface area contributed by atoms with Gasteiger partial charge in [-0.05, 0) is 28.4 Å². The average molecular weight is 317 g/mol. The highest BCUT2D eigenvalue weighted by Crippen LogP contribution is 2.37. The number of thiophene rings is 1. The molecule has 1 aromatic rings. The van der Waals surface area contributed by atoms with E-state index >= 15 is 0 Å². The molecule has 92 valence electrons. The van der Waals surface area contributed by atoms with Crippen molar-refractivity contribution in [2.45, 2.75) is 24.6 Å². The number of halogens is 1. The SMILES string of the molecule is NC1C2CCOC2C1NC(=O)c1csc(Br)c1. The van der Waals surface area contributed by atoms with Gasteiger partial charge in [0.05, 0.1) is 21.5 Å². The number of amides is 1. The zero-order chi connectivity index (χ0) is 12.0. The van der Waals surface area contributed by atoms with Crippen molar-refractivity contribution in [1.29, 1.82) is 0 Å². The summed E-state index contributed by atoms with van der Waals surface area (Å²) in [4.78, 5) is 12.0. The van der Waals surface area contributed by atoms with Crippen LogP contribution in [0.15, 0.2) is 15.2 Å². The first-order valence-electron chi connectivity index (χ1n) is 5.59. The van der Waals surface area contributed by atoms with E-state index in [1.807, 2.05) is 11.4 Å². The molecule has 0 aromatic carbocycles. The van der Waals surface area contributed by atoms with Gasteiger partial charge in [0, 0.05) is 23.9 Å². The fourth-order valence-corrected chi connectivity index (χ4v) is 3.73. The first kappa shape index (κ1) is 11.6. The van der Waals surface area contributed by atoms with Gasteiger partial charge in [0.1, 0.15) is 0 Å². The summed E-state index contributed by atoms with van der Waals surface area (Å²) in [5, 5.41) is 4.79. The molecule has 0 radical (unpaired) electrons. The van der Waals surface area contributed by atoms with Crippen LogP contribution in [-0.2, 0) is 4.74 Å². The Labute approximate surface area is 112 Å². The van der Waals surface area contributed by atoms with E-state index < -0.39 is 0 Å². The van der Waals surface area contributed by atoms with Gasteiger partial charge in [-0.15, -0.1) is 11.3 Å². The van der Waals surface area contributed by atoms with Crippen LogP contribution in [0.3, 0.4) is 0 Å². The lowest BCUT2D eigenvalue weighted by Gasteiger charge is -2.45. The Kier molecular flexibility index (Phi) is 2.98. The zero-order valence-corrected chi connectivity index (χ0v) is 11.5. The Balaban J connectivity index is 1.66. The number of ether oxygens (including phenoxy) is 1. The van der Waals surface area contributed by atoms with Crippen LogP contribution in [0.5, 0.6) is 0 Å². The Hall–Kier alpha value is -0.430. The van der Waals surface area contributed by atoms with E-state index in [0.717, 1.165) is 16.8 Å². The predicted octanol–water partition coefficient (Wildman–Crippen LogP) is 1.35. The second-order valence-electron chi connectivity index (χ2n) is 4.50. The third-order valence-electron chi connectivity index (χ3n) is 3.57. The van der Waals surface area contributed by atoms with Gasteiger partial charge in [-0.25, -0.2) is 0 Å². The van der Waals surface area contributed by atoms with Crippen LogP contribution in [-0.4, -0.2) is 30.7 Å². The third-order valence-corrected chi connectivity index (χ3v) is 5.08. The molecule has 2 fully saturated rings. The third kappa shape index (κ3) is 1.93. The van der Waals surface area contributed by atoms with Crippen molar-refractivity contribution >= 4 is 33.2 Å². The molecule has 4 atom stereocenters. The standard InChI is InChI=1S/C11H13BrN2O2S/c12-7-3-5(4-17-7)11(15)14-9-8(13)6-1-2-16-10(6)9/h3-4,6,8-10H,1-2,13H2,(H,14,15). The number of hydrogen-bond donors (Lipinski definition) is 2. The molecular formula is C11H13BrN2O2S. The Bertz CT molecular complexity index is 450. The first-order valence-corrected chi connectivity index (χ1v) is 7.26. The van der Waals surface area contributed by atoms with Gasteiger partial charge in [0.15, 0.2) is 0 Å². The summed E-state index contributed by atoms with van der Waals surface area (Å²) in [6.45, 7) is 0.763. The van der Waals surface area contributed by atoms with E-state index in [1.54, 1.807) is 0 Å². The van der Waals surface area contributed by atoms with Gasteiger partial charge in [0.2, 0.25) is 0 Å². The van der Waals surface area contributed by atoms with Crippen LogP contribution in [0, 0.1) is 5.92 Å². The molecule has 1 saturated carbocycles. The van der Waals surface area contributed by atoms with Crippen LogP contribution in [0.1, 0.15) is 16.8 Å². The van der Waals surface area contributed by atoms with Crippen molar-refractivity contribution in [2.24, 2.45) is 11.7 Å². The van der Waals surface area contributed by atoms with E-state index in [0.29, 0.717) is 11.5 Å². The van der Waals surface area contributed by atoms with E-state index in [4.69, 9.17) is 10.5 Å².